The van der Waals surface area contributed by atoms with E-state index >= 15 is 0 Å². The normalized spacial score (nSPS) is 24.1. The molecule has 2 heterocycles. The maximum Gasteiger partial charge on any atom is 0.233 e. The van der Waals surface area contributed by atoms with Crippen molar-refractivity contribution < 1.29 is 13.2 Å². The van der Waals surface area contributed by atoms with Gasteiger partial charge in [0.25, 0.3) is 0 Å². The first kappa shape index (κ1) is 15.3. The van der Waals surface area contributed by atoms with Crippen LogP contribution in [0.2, 0.25) is 0 Å². The van der Waals surface area contributed by atoms with Crippen LogP contribution in [0.1, 0.15) is 25.0 Å². The van der Waals surface area contributed by atoms with E-state index in [1.165, 1.54) is 11.8 Å². The number of thiazole rings is 1. The molecule has 1 atom stereocenters. The van der Waals surface area contributed by atoms with E-state index in [9.17, 15) is 13.2 Å². The SMILES string of the molecule is Cc1csc(SCC(=O)N(C2CC2)[C@@H]2CCS(=O)(=O)C2)n1. The fourth-order valence-corrected chi connectivity index (χ4v) is 6.08. The lowest BCUT2D eigenvalue weighted by Gasteiger charge is -2.28. The van der Waals surface area contributed by atoms with Crippen LogP contribution in [0.5, 0.6) is 0 Å². The molecule has 1 aliphatic carbocycles. The van der Waals surface area contributed by atoms with Gasteiger partial charge in [0, 0.05) is 23.2 Å². The average molecular weight is 346 g/mol. The Morgan fingerprint density at radius 3 is 2.71 bits per heavy atom. The minimum absolute atomic E-state index is 0.0532. The van der Waals surface area contributed by atoms with E-state index in [-0.39, 0.29) is 29.5 Å². The van der Waals surface area contributed by atoms with E-state index in [0.717, 1.165) is 22.9 Å². The summed E-state index contributed by atoms with van der Waals surface area (Å²) in [4.78, 5) is 18.7. The molecule has 1 saturated carbocycles. The highest BCUT2D eigenvalue weighted by molar-refractivity contribution is 8.01. The van der Waals surface area contributed by atoms with Crippen molar-refractivity contribution in [2.24, 2.45) is 0 Å². The fraction of sp³-hybridized carbons (Fsp3) is 0.692. The van der Waals surface area contributed by atoms with E-state index in [0.29, 0.717) is 12.2 Å². The number of aromatic nitrogens is 1. The Hall–Kier alpha value is -0.600. The molecule has 0 bridgehead atoms. The minimum atomic E-state index is -2.95. The number of carbonyl (C=O) groups excluding carboxylic acids is 1. The Bertz CT molecular complexity index is 637. The van der Waals surface area contributed by atoms with Crippen molar-refractivity contribution in [3.05, 3.63) is 11.1 Å². The van der Waals surface area contributed by atoms with Gasteiger partial charge in [-0.15, -0.1) is 11.3 Å². The van der Waals surface area contributed by atoms with E-state index in [1.807, 2.05) is 17.2 Å². The van der Waals surface area contributed by atoms with Crippen molar-refractivity contribution in [3.8, 4) is 0 Å². The predicted octanol–water partition coefficient (Wildman–Crippen LogP) is 1.72. The predicted molar refractivity (Wildman–Crippen MR) is 84.5 cm³/mol. The molecule has 1 amide bonds. The van der Waals surface area contributed by atoms with Gasteiger partial charge in [0.15, 0.2) is 14.2 Å². The van der Waals surface area contributed by atoms with Crippen LogP contribution in [0.4, 0.5) is 0 Å². The fourth-order valence-electron chi connectivity index (χ4n) is 2.65. The number of rotatable bonds is 5. The Kier molecular flexibility index (Phi) is 4.29. The van der Waals surface area contributed by atoms with E-state index in [2.05, 4.69) is 4.98 Å². The van der Waals surface area contributed by atoms with Gasteiger partial charge in [-0.05, 0) is 26.2 Å². The van der Waals surface area contributed by atoms with Crippen LogP contribution >= 0.6 is 23.1 Å². The van der Waals surface area contributed by atoms with Gasteiger partial charge in [0.1, 0.15) is 0 Å². The first-order valence-corrected chi connectivity index (χ1v) is 10.7. The molecule has 3 rings (SSSR count). The van der Waals surface area contributed by atoms with E-state index in [4.69, 9.17) is 0 Å². The van der Waals surface area contributed by atoms with Crippen LogP contribution in [0.15, 0.2) is 9.72 Å². The molecule has 2 fully saturated rings. The Balaban J connectivity index is 1.62. The molecule has 2 aliphatic rings. The Labute approximate surface area is 133 Å². The maximum atomic E-state index is 12.5. The van der Waals surface area contributed by atoms with Gasteiger partial charge in [-0.2, -0.15) is 0 Å². The molecule has 0 unspecified atom stereocenters. The topological polar surface area (TPSA) is 67.3 Å². The zero-order chi connectivity index (χ0) is 15.0. The highest BCUT2D eigenvalue weighted by Gasteiger charge is 2.41. The molecule has 21 heavy (non-hydrogen) atoms. The lowest BCUT2D eigenvalue weighted by molar-refractivity contribution is -0.130. The minimum Gasteiger partial charge on any atom is -0.335 e. The number of carbonyl (C=O) groups is 1. The Morgan fingerprint density at radius 1 is 1.43 bits per heavy atom. The largest absolute Gasteiger partial charge is 0.335 e. The van der Waals surface area contributed by atoms with E-state index in [1.54, 1.807) is 11.3 Å². The van der Waals surface area contributed by atoms with Crippen LogP contribution in [-0.4, -0.2) is 53.6 Å². The van der Waals surface area contributed by atoms with Crippen LogP contribution in [0.3, 0.4) is 0 Å². The second-order valence-corrected chi connectivity index (χ2v) is 9.94. The third-order valence-corrected chi connectivity index (χ3v) is 7.62. The van der Waals surface area contributed by atoms with Crippen molar-refractivity contribution in [1.82, 2.24) is 9.88 Å². The summed E-state index contributed by atoms with van der Waals surface area (Å²) in [5.74, 6) is 0.751. The van der Waals surface area contributed by atoms with Crippen molar-refractivity contribution in [2.75, 3.05) is 17.3 Å². The number of hydrogen-bond acceptors (Lipinski definition) is 6. The lowest BCUT2D eigenvalue weighted by atomic mass is 10.2. The van der Waals surface area contributed by atoms with Gasteiger partial charge in [-0.1, -0.05) is 11.8 Å². The molecule has 0 aromatic carbocycles. The highest BCUT2D eigenvalue weighted by Crippen LogP contribution is 2.33. The summed E-state index contributed by atoms with van der Waals surface area (Å²) >= 11 is 2.99. The van der Waals surface area contributed by atoms with Gasteiger partial charge < -0.3 is 4.90 Å². The summed E-state index contributed by atoms with van der Waals surface area (Å²) in [5.41, 5.74) is 0.968. The van der Waals surface area contributed by atoms with Crippen molar-refractivity contribution >= 4 is 38.8 Å². The molecular formula is C13H18N2O3S3. The lowest BCUT2D eigenvalue weighted by Crippen LogP contribution is -2.43. The molecule has 0 radical (unpaired) electrons. The van der Waals surface area contributed by atoms with E-state index < -0.39 is 9.84 Å². The van der Waals surface area contributed by atoms with Crippen molar-refractivity contribution in [1.29, 1.82) is 0 Å². The summed E-state index contributed by atoms with van der Waals surface area (Å²) in [5, 5.41) is 1.97. The summed E-state index contributed by atoms with van der Waals surface area (Å²) in [6.45, 7) is 1.93. The van der Waals surface area contributed by atoms with Crippen LogP contribution < -0.4 is 0 Å². The number of sulfone groups is 1. The van der Waals surface area contributed by atoms with Gasteiger partial charge in [-0.3, -0.25) is 4.79 Å². The zero-order valence-corrected chi connectivity index (χ0v) is 14.3. The summed E-state index contributed by atoms with van der Waals surface area (Å²) < 4.78 is 24.2. The molecule has 0 N–H and O–H groups in total. The molecule has 1 aromatic heterocycles. The van der Waals surface area contributed by atoms with Crippen LogP contribution in [0, 0.1) is 6.92 Å². The first-order chi connectivity index (χ1) is 9.94. The summed E-state index contributed by atoms with van der Waals surface area (Å²) in [6.07, 6.45) is 2.60. The summed E-state index contributed by atoms with van der Waals surface area (Å²) in [6, 6.07) is 0.142. The third-order valence-electron chi connectivity index (χ3n) is 3.75. The van der Waals surface area contributed by atoms with Gasteiger partial charge >= 0.3 is 0 Å². The van der Waals surface area contributed by atoms with Crippen LogP contribution in [-0.2, 0) is 14.6 Å². The molecule has 1 saturated heterocycles. The zero-order valence-electron chi connectivity index (χ0n) is 11.8. The number of amides is 1. The number of aryl methyl sites for hydroxylation is 1. The number of hydrogen-bond donors (Lipinski definition) is 0. The third kappa shape index (κ3) is 3.78. The smallest absolute Gasteiger partial charge is 0.233 e. The maximum absolute atomic E-state index is 12.5. The van der Waals surface area contributed by atoms with Gasteiger partial charge in [-0.25, -0.2) is 13.4 Å². The second-order valence-electron chi connectivity index (χ2n) is 5.63. The second kappa shape index (κ2) is 5.89. The monoisotopic (exact) mass is 346 g/mol. The van der Waals surface area contributed by atoms with Gasteiger partial charge in [0.05, 0.1) is 17.3 Å². The molecular weight excluding hydrogens is 328 g/mol. The highest BCUT2D eigenvalue weighted by atomic mass is 32.2. The molecule has 5 nitrogen and oxygen atoms in total. The molecule has 1 aromatic rings. The summed E-state index contributed by atoms with van der Waals surface area (Å²) in [7, 11) is -2.95. The standard InChI is InChI=1S/C13H18N2O3S3/c1-9-6-19-13(14-9)20-7-12(16)15(10-2-3-10)11-4-5-21(17,18)8-11/h6,10-11H,2-5,7-8H2,1H3/t11-/m1/s1. The van der Waals surface area contributed by atoms with Crippen molar-refractivity contribution in [3.63, 3.8) is 0 Å². The molecule has 116 valence electrons. The molecule has 8 heteroatoms. The average Bonchev–Trinajstić information content (AvgIpc) is 3.05. The molecule has 1 aliphatic heterocycles. The Morgan fingerprint density at radius 2 is 2.19 bits per heavy atom. The number of nitrogens with zero attached hydrogens (tertiary/aromatic N) is 2. The number of thioether (sulfide) groups is 1. The van der Waals surface area contributed by atoms with Crippen molar-refractivity contribution in [2.45, 2.75) is 42.6 Å². The quantitative estimate of drug-likeness (QED) is 0.760. The van der Waals surface area contributed by atoms with Gasteiger partial charge in [0.2, 0.25) is 5.91 Å². The first-order valence-electron chi connectivity index (χ1n) is 7.01. The van der Waals surface area contributed by atoms with Crippen LogP contribution in [0.25, 0.3) is 0 Å². The molecule has 0 spiro atoms.